The Morgan fingerprint density at radius 3 is 2.54 bits per heavy atom. The summed E-state index contributed by atoms with van der Waals surface area (Å²) >= 11 is 7.32. The minimum absolute atomic E-state index is 0.101. The standard InChI is InChI=1S/C17H19ClN2O3S/c1-11(2)8-20(9-16(22)23)15(21)7-14-10-24-17(19-14)12-3-5-13(18)6-4-12/h3-6,10-11H,7-9H2,1-2H3,(H,22,23). The van der Waals surface area contributed by atoms with Crippen molar-refractivity contribution in [2.45, 2.75) is 20.3 Å². The van der Waals surface area contributed by atoms with E-state index in [9.17, 15) is 9.59 Å². The number of rotatable bonds is 7. The number of hydrogen-bond acceptors (Lipinski definition) is 4. The van der Waals surface area contributed by atoms with Gasteiger partial charge in [-0.1, -0.05) is 37.6 Å². The first-order valence-corrected chi connectivity index (χ1v) is 8.81. The summed E-state index contributed by atoms with van der Waals surface area (Å²) in [7, 11) is 0. The van der Waals surface area contributed by atoms with E-state index in [4.69, 9.17) is 16.7 Å². The van der Waals surface area contributed by atoms with Gasteiger partial charge in [0.05, 0.1) is 12.1 Å². The summed E-state index contributed by atoms with van der Waals surface area (Å²) in [6.07, 6.45) is 0.101. The van der Waals surface area contributed by atoms with Crippen molar-refractivity contribution in [2.75, 3.05) is 13.1 Å². The zero-order valence-electron chi connectivity index (χ0n) is 13.5. The van der Waals surface area contributed by atoms with E-state index in [1.807, 2.05) is 31.4 Å². The Morgan fingerprint density at radius 1 is 1.29 bits per heavy atom. The molecule has 1 heterocycles. The van der Waals surface area contributed by atoms with E-state index in [0.29, 0.717) is 17.3 Å². The number of hydrogen-bond donors (Lipinski definition) is 1. The molecule has 0 aliphatic carbocycles. The topological polar surface area (TPSA) is 70.5 Å². The molecule has 0 unspecified atom stereocenters. The van der Waals surface area contributed by atoms with Crippen LogP contribution in [0.15, 0.2) is 29.6 Å². The molecule has 7 heteroatoms. The lowest BCUT2D eigenvalue weighted by Gasteiger charge is -2.22. The molecule has 5 nitrogen and oxygen atoms in total. The quantitative estimate of drug-likeness (QED) is 0.813. The van der Waals surface area contributed by atoms with Crippen LogP contribution in [0.2, 0.25) is 5.02 Å². The molecule has 2 aromatic rings. The van der Waals surface area contributed by atoms with Crippen molar-refractivity contribution in [3.8, 4) is 10.6 Å². The van der Waals surface area contributed by atoms with E-state index < -0.39 is 5.97 Å². The molecule has 1 N–H and O–H groups in total. The number of halogens is 1. The number of carboxylic acids is 1. The lowest BCUT2D eigenvalue weighted by atomic mass is 10.2. The Labute approximate surface area is 149 Å². The van der Waals surface area contributed by atoms with Crippen LogP contribution in [0.5, 0.6) is 0 Å². The van der Waals surface area contributed by atoms with Crippen molar-refractivity contribution in [3.05, 3.63) is 40.4 Å². The number of carbonyl (C=O) groups is 2. The number of aliphatic carboxylic acids is 1. The maximum absolute atomic E-state index is 12.4. The van der Waals surface area contributed by atoms with Crippen LogP contribution in [0, 0.1) is 5.92 Å². The largest absolute Gasteiger partial charge is 0.480 e. The van der Waals surface area contributed by atoms with Crippen LogP contribution in [0.25, 0.3) is 10.6 Å². The summed E-state index contributed by atoms with van der Waals surface area (Å²) in [6.45, 7) is 4.03. The summed E-state index contributed by atoms with van der Waals surface area (Å²) < 4.78 is 0. The third kappa shape index (κ3) is 5.32. The van der Waals surface area contributed by atoms with Crippen LogP contribution in [-0.4, -0.2) is 40.0 Å². The highest BCUT2D eigenvalue weighted by atomic mass is 35.5. The Bertz CT molecular complexity index is 713. The van der Waals surface area contributed by atoms with Crippen LogP contribution in [-0.2, 0) is 16.0 Å². The maximum atomic E-state index is 12.4. The Kier molecular flexibility index (Phi) is 6.34. The lowest BCUT2D eigenvalue weighted by Crippen LogP contribution is -2.39. The van der Waals surface area contributed by atoms with E-state index in [2.05, 4.69) is 4.98 Å². The van der Waals surface area contributed by atoms with Crippen molar-refractivity contribution >= 4 is 34.8 Å². The summed E-state index contributed by atoms with van der Waals surface area (Å²) in [4.78, 5) is 29.2. The summed E-state index contributed by atoms with van der Waals surface area (Å²) in [5.41, 5.74) is 1.58. The van der Waals surface area contributed by atoms with Crippen molar-refractivity contribution in [3.63, 3.8) is 0 Å². The van der Waals surface area contributed by atoms with E-state index in [-0.39, 0.29) is 24.8 Å². The van der Waals surface area contributed by atoms with Crippen LogP contribution in [0.1, 0.15) is 19.5 Å². The normalized spacial score (nSPS) is 10.8. The second kappa shape index (κ2) is 8.26. The first kappa shape index (κ1) is 18.4. The van der Waals surface area contributed by atoms with Gasteiger partial charge in [-0.05, 0) is 18.1 Å². The zero-order valence-corrected chi connectivity index (χ0v) is 15.1. The molecule has 0 saturated heterocycles. The van der Waals surface area contributed by atoms with Crippen molar-refractivity contribution in [1.29, 1.82) is 0 Å². The number of carbonyl (C=O) groups excluding carboxylic acids is 1. The third-order valence-corrected chi connectivity index (χ3v) is 4.43. The molecule has 0 radical (unpaired) electrons. The van der Waals surface area contributed by atoms with Gasteiger partial charge in [0.15, 0.2) is 0 Å². The highest BCUT2D eigenvalue weighted by molar-refractivity contribution is 7.13. The SMILES string of the molecule is CC(C)CN(CC(=O)O)C(=O)Cc1csc(-c2ccc(Cl)cc2)n1. The smallest absolute Gasteiger partial charge is 0.323 e. The van der Waals surface area contributed by atoms with Crippen molar-refractivity contribution < 1.29 is 14.7 Å². The Balaban J connectivity index is 2.07. The van der Waals surface area contributed by atoms with Crippen LogP contribution in [0.4, 0.5) is 0 Å². The molecule has 0 aliphatic heterocycles. The number of amides is 1. The predicted molar refractivity (Wildman–Crippen MR) is 95.3 cm³/mol. The summed E-state index contributed by atoms with van der Waals surface area (Å²) in [6, 6.07) is 7.34. The molecule has 2 rings (SSSR count). The van der Waals surface area contributed by atoms with Gasteiger partial charge in [0.25, 0.3) is 0 Å². The molecule has 0 aliphatic rings. The second-order valence-electron chi connectivity index (χ2n) is 5.89. The molecule has 1 aromatic heterocycles. The minimum Gasteiger partial charge on any atom is -0.480 e. The number of aromatic nitrogens is 1. The van der Waals surface area contributed by atoms with E-state index in [1.165, 1.54) is 16.2 Å². The average molecular weight is 367 g/mol. The Hall–Kier alpha value is -1.92. The molecule has 1 aromatic carbocycles. The van der Waals surface area contributed by atoms with Crippen molar-refractivity contribution in [1.82, 2.24) is 9.88 Å². The fourth-order valence-electron chi connectivity index (χ4n) is 2.24. The predicted octanol–water partition coefficient (Wildman–Crippen LogP) is 3.58. The van der Waals surface area contributed by atoms with Crippen LogP contribution >= 0.6 is 22.9 Å². The second-order valence-corrected chi connectivity index (χ2v) is 7.18. The molecule has 24 heavy (non-hydrogen) atoms. The number of benzene rings is 1. The molecule has 0 spiro atoms. The number of nitrogens with zero attached hydrogens (tertiary/aromatic N) is 2. The van der Waals surface area contributed by atoms with Gasteiger partial charge >= 0.3 is 5.97 Å². The van der Waals surface area contributed by atoms with Crippen LogP contribution in [0.3, 0.4) is 0 Å². The van der Waals surface area contributed by atoms with Gasteiger partial charge in [0.2, 0.25) is 5.91 Å². The van der Waals surface area contributed by atoms with Gasteiger partial charge < -0.3 is 10.0 Å². The molecular weight excluding hydrogens is 348 g/mol. The van der Waals surface area contributed by atoms with Crippen LogP contribution < -0.4 is 0 Å². The fourth-order valence-corrected chi connectivity index (χ4v) is 3.19. The molecule has 0 bridgehead atoms. The average Bonchev–Trinajstić information content (AvgIpc) is 2.94. The molecular formula is C17H19ClN2O3S. The Morgan fingerprint density at radius 2 is 1.96 bits per heavy atom. The van der Waals surface area contributed by atoms with Gasteiger partial charge in [-0.25, -0.2) is 4.98 Å². The summed E-state index contributed by atoms with van der Waals surface area (Å²) in [5, 5.41) is 12.3. The van der Waals surface area contributed by atoms with Gasteiger partial charge in [0, 0.05) is 22.5 Å². The molecule has 1 amide bonds. The highest BCUT2D eigenvalue weighted by Gasteiger charge is 2.19. The fraction of sp³-hybridized carbons (Fsp3) is 0.353. The highest BCUT2D eigenvalue weighted by Crippen LogP contribution is 2.25. The van der Waals surface area contributed by atoms with E-state index in [1.54, 1.807) is 12.1 Å². The van der Waals surface area contributed by atoms with Gasteiger partial charge in [-0.3, -0.25) is 9.59 Å². The first-order chi connectivity index (χ1) is 11.3. The summed E-state index contributed by atoms with van der Waals surface area (Å²) in [5.74, 6) is -1.03. The van der Waals surface area contributed by atoms with Gasteiger partial charge in [-0.2, -0.15) is 0 Å². The molecule has 0 fully saturated rings. The maximum Gasteiger partial charge on any atom is 0.323 e. The van der Waals surface area contributed by atoms with Crippen molar-refractivity contribution in [2.24, 2.45) is 5.92 Å². The van der Waals surface area contributed by atoms with E-state index >= 15 is 0 Å². The number of thiazole rings is 1. The van der Waals surface area contributed by atoms with E-state index in [0.717, 1.165) is 10.6 Å². The monoisotopic (exact) mass is 366 g/mol. The first-order valence-electron chi connectivity index (χ1n) is 7.55. The molecule has 0 atom stereocenters. The third-order valence-electron chi connectivity index (χ3n) is 3.24. The minimum atomic E-state index is -1.01. The lowest BCUT2D eigenvalue weighted by molar-refractivity contribution is -0.144. The number of carboxylic acid groups (broad SMARTS) is 1. The van der Waals surface area contributed by atoms with Gasteiger partial charge in [-0.15, -0.1) is 11.3 Å². The van der Waals surface area contributed by atoms with Gasteiger partial charge in [0.1, 0.15) is 11.6 Å². The molecule has 128 valence electrons. The molecule has 0 saturated carbocycles. The zero-order chi connectivity index (χ0) is 17.7.